The van der Waals surface area contributed by atoms with Crippen LogP contribution in [0.1, 0.15) is 0 Å². The molecule has 0 N–H and O–H groups in total. The van der Waals surface area contributed by atoms with Crippen molar-refractivity contribution in [2.75, 3.05) is 6.67 Å². The first kappa shape index (κ1) is 4.55. The summed E-state index contributed by atoms with van der Waals surface area (Å²) in [5, 5.41) is 0. The van der Waals surface area contributed by atoms with Crippen LogP contribution in [0.2, 0.25) is 0 Å². The molecule has 0 aromatic carbocycles. The van der Waals surface area contributed by atoms with Gasteiger partial charge < -0.3 is 0 Å². The van der Waals surface area contributed by atoms with E-state index >= 15 is 0 Å². The summed E-state index contributed by atoms with van der Waals surface area (Å²) in [5.41, 5.74) is 1.33. The van der Waals surface area contributed by atoms with E-state index < -0.39 is 0 Å². The van der Waals surface area contributed by atoms with Crippen molar-refractivity contribution < 1.29 is 0 Å². The molecule has 0 amide bonds. The van der Waals surface area contributed by atoms with Gasteiger partial charge in [-0.3, -0.25) is 0 Å². The van der Waals surface area contributed by atoms with Gasteiger partial charge in [-0.15, -0.1) is 0 Å². The first-order chi connectivity index (χ1) is 4.47. The number of aromatic nitrogens is 2. The van der Waals surface area contributed by atoms with Gasteiger partial charge in [0.25, 0.3) is 0 Å². The van der Waals surface area contributed by atoms with Gasteiger partial charge in [-0.25, -0.2) is 20.0 Å². The van der Waals surface area contributed by atoms with E-state index in [2.05, 4.69) is 20.0 Å². The molecule has 2 rings (SSSR count). The minimum Gasteiger partial charge on any atom is -0.240 e. The molecule has 44 valence electrons. The first-order valence-corrected chi connectivity index (χ1v) is 2.63. The highest BCUT2D eigenvalue weighted by molar-refractivity contribution is 4.78. The second kappa shape index (κ2) is 1.58. The third kappa shape index (κ3) is 0.595. The third-order valence-electron chi connectivity index (χ3n) is 1.10. The Morgan fingerprint density at radius 1 is 1.00 bits per heavy atom. The van der Waals surface area contributed by atoms with Gasteiger partial charge in [-0.1, -0.05) is 0 Å². The standard InChI is InChI=1S/C5H4N4/c1-2-7-5-4(6-1)8-3-9-5/h1-2H,3H2. The minimum atomic E-state index is 0.485. The fraction of sp³-hybridized carbons (Fsp3) is 0.200. The molecular formula is C5H4N4. The number of fused-ring (bicyclic) bond motifs is 1. The number of nitrogens with zero attached hydrogens (tertiary/aromatic N) is 4. The summed E-state index contributed by atoms with van der Waals surface area (Å²) in [6, 6.07) is 0. The van der Waals surface area contributed by atoms with Crippen molar-refractivity contribution >= 4 is 0 Å². The Bertz CT molecular complexity index is 296. The van der Waals surface area contributed by atoms with Gasteiger partial charge in [0, 0.05) is 12.4 Å². The SMILES string of the molecule is c1cnc2c(n1)=NCN=2. The molecular weight excluding hydrogens is 116 g/mol. The van der Waals surface area contributed by atoms with Crippen LogP contribution in [0.5, 0.6) is 0 Å². The van der Waals surface area contributed by atoms with Crippen LogP contribution in [-0.2, 0) is 0 Å². The summed E-state index contributed by atoms with van der Waals surface area (Å²) < 4.78 is 0. The summed E-state index contributed by atoms with van der Waals surface area (Å²) in [5.74, 6) is 0. The highest BCUT2D eigenvalue weighted by Crippen LogP contribution is 1.70. The van der Waals surface area contributed by atoms with Crippen molar-refractivity contribution in [3.63, 3.8) is 0 Å². The van der Waals surface area contributed by atoms with Gasteiger partial charge in [-0.2, -0.15) is 0 Å². The van der Waals surface area contributed by atoms with Crippen LogP contribution in [0.15, 0.2) is 22.4 Å². The molecule has 0 saturated carbocycles. The molecule has 0 unspecified atom stereocenters. The lowest BCUT2D eigenvalue weighted by Crippen LogP contribution is -2.27. The van der Waals surface area contributed by atoms with Crippen LogP contribution in [0.3, 0.4) is 0 Å². The van der Waals surface area contributed by atoms with Crippen molar-refractivity contribution in [3.8, 4) is 0 Å². The molecule has 1 aliphatic rings. The predicted octanol–water partition coefficient (Wildman–Crippen LogP) is -1.31. The fourth-order valence-electron chi connectivity index (χ4n) is 0.716. The lowest BCUT2D eigenvalue weighted by molar-refractivity contribution is 1.04. The van der Waals surface area contributed by atoms with Crippen molar-refractivity contribution in [2.24, 2.45) is 9.98 Å². The molecule has 0 atom stereocenters. The Kier molecular flexibility index (Phi) is 0.798. The highest BCUT2D eigenvalue weighted by Gasteiger charge is 1.93. The van der Waals surface area contributed by atoms with E-state index in [1.54, 1.807) is 12.4 Å². The van der Waals surface area contributed by atoms with E-state index in [1.165, 1.54) is 0 Å². The van der Waals surface area contributed by atoms with Crippen LogP contribution >= 0.6 is 0 Å². The molecule has 2 heterocycles. The Balaban J connectivity index is 2.97. The lowest BCUT2D eigenvalue weighted by Gasteiger charge is -1.75. The van der Waals surface area contributed by atoms with Crippen molar-refractivity contribution in [1.82, 2.24) is 9.97 Å². The largest absolute Gasteiger partial charge is 0.240 e. The molecule has 0 fully saturated rings. The zero-order valence-electron chi connectivity index (χ0n) is 4.65. The average molecular weight is 120 g/mol. The quantitative estimate of drug-likeness (QED) is 0.426. The summed E-state index contributed by atoms with van der Waals surface area (Å²) >= 11 is 0. The molecule has 4 heteroatoms. The Morgan fingerprint density at radius 3 is 2.11 bits per heavy atom. The summed E-state index contributed by atoms with van der Waals surface area (Å²) in [6.45, 7) is 0.485. The Hall–Kier alpha value is -1.32. The van der Waals surface area contributed by atoms with E-state index in [-0.39, 0.29) is 0 Å². The maximum absolute atomic E-state index is 3.96. The zero-order valence-corrected chi connectivity index (χ0v) is 4.65. The smallest absolute Gasteiger partial charge is 0.194 e. The van der Waals surface area contributed by atoms with E-state index in [0.29, 0.717) is 17.6 Å². The Labute approximate surface area is 51.0 Å². The van der Waals surface area contributed by atoms with E-state index in [1.807, 2.05) is 0 Å². The van der Waals surface area contributed by atoms with Crippen LogP contribution in [-0.4, -0.2) is 16.6 Å². The zero-order chi connectivity index (χ0) is 6.10. The Morgan fingerprint density at radius 2 is 1.56 bits per heavy atom. The van der Waals surface area contributed by atoms with Crippen molar-refractivity contribution in [2.45, 2.75) is 0 Å². The summed E-state index contributed by atoms with van der Waals surface area (Å²) in [4.78, 5) is 15.8. The molecule has 1 aromatic heterocycles. The average Bonchev–Trinajstić information content (AvgIpc) is 2.33. The molecule has 9 heavy (non-hydrogen) atoms. The second-order valence-corrected chi connectivity index (χ2v) is 1.66. The molecule has 0 aliphatic carbocycles. The van der Waals surface area contributed by atoms with Gasteiger partial charge in [0.1, 0.15) is 6.67 Å². The summed E-state index contributed by atoms with van der Waals surface area (Å²) in [7, 11) is 0. The predicted molar refractivity (Wildman–Crippen MR) is 29.2 cm³/mol. The van der Waals surface area contributed by atoms with Gasteiger partial charge in [0.2, 0.25) is 0 Å². The molecule has 1 aromatic rings. The van der Waals surface area contributed by atoms with Crippen LogP contribution in [0.4, 0.5) is 0 Å². The minimum absolute atomic E-state index is 0.485. The van der Waals surface area contributed by atoms with E-state index in [9.17, 15) is 0 Å². The highest BCUT2D eigenvalue weighted by atomic mass is 15.1. The van der Waals surface area contributed by atoms with Crippen LogP contribution in [0.25, 0.3) is 0 Å². The lowest BCUT2D eigenvalue weighted by atomic mass is 10.7. The topological polar surface area (TPSA) is 50.5 Å². The fourth-order valence-corrected chi connectivity index (χ4v) is 0.716. The third-order valence-corrected chi connectivity index (χ3v) is 1.10. The molecule has 0 spiro atoms. The van der Waals surface area contributed by atoms with Crippen LogP contribution < -0.4 is 11.0 Å². The number of hydrogen-bond acceptors (Lipinski definition) is 4. The van der Waals surface area contributed by atoms with Crippen LogP contribution in [0, 0.1) is 0 Å². The maximum Gasteiger partial charge on any atom is 0.194 e. The van der Waals surface area contributed by atoms with Gasteiger partial charge in [-0.05, 0) is 0 Å². The van der Waals surface area contributed by atoms with Crippen molar-refractivity contribution in [3.05, 3.63) is 23.4 Å². The first-order valence-electron chi connectivity index (χ1n) is 2.63. The molecule has 0 bridgehead atoms. The monoisotopic (exact) mass is 120 g/mol. The molecule has 1 aliphatic heterocycles. The number of rotatable bonds is 0. The molecule has 4 nitrogen and oxygen atoms in total. The van der Waals surface area contributed by atoms with Gasteiger partial charge in [0.15, 0.2) is 11.0 Å². The van der Waals surface area contributed by atoms with Gasteiger partial charge >= 0.3 is 0 Å². The maximum atomic E-state index is 3.96. The van der Waals surface area contributed by atoms with E-state index in [4.69, 9.17) is 0 Å². The van der Waals surface area contributed by atoms with Gasteiger partial charge in [0.05, 0.1) is 0 Å². The normalized spacial score (nSPS) is 13.8. The molecule has 0 saturated heterocycles. The van der Waals surface area contributed by atoms with E-state index in [0.717, 1.165) is 0 Å². The van der Waals surface area contributed by atoms with Crippen molar-refractivity contribution in [1.29, 1.82) is 0 Å². The number of hydrogen-bond donors (Lipinski definition) is 0. The summed E-state index contributed by atoms with van der Waals surface area (Å²) in [6.07, 6.45) is 3.23. The molecule has 0 radical (unpaired) electrons. The second-order valence-electron chi connectivity index (χ2n) is 1.66.